The van der Waals surface area contributed by atoms with Gasteiger partial charge in [0.05, 0.1) is 24.3 Å². The molecule has 1 atom stereocenters. The van der Waals surface area contributed by atoms with E-state index in [1.807, 2.05) is 29.2 Å². The zero-order valence-corrected chi connectivity index (χ0v) is 24.8. The molecule has 0 bridgehead atoms. The minimum Gasteiger partial charge on any atom is -0.457 e. The predicted molar refractivity (Wildman–Crippen MR) is 161 cm³/mol. The van der Waals surface area contributed by atoms with Crippen molar-refractivity contribution in [2.75, 3.05) is 6.54 Å². The van der Waals surface area contributed by atoms with Crippen LogP contribution in [0.1, 0.15) is 56.1 Å². The average molecular weight is 608 g/mol. The van der Waals surface area contributed by atoms with Crippen molar-refractivity contribution in [1.82, 2.24) is 34.8 Å². The standard InChI is InChI=1S/C33H30FN7O4/c1-33(2,34)28-12-11-26(37-38-28)20-5-9-25(10-6-20)44-27-15-21(3-4-22(27)17-40-19-35-14-13-29(40)42)32-36-31(39-45-32)23-16-30(43)41(18-23)24-7-8-24/h3-6,9-15,19,23-24H,7-8,16-18H2,1-2H3. The van der Waals surface area contributed by atoms with E-state index < -0.39 is 5.67 Å². The number of likely N-dealkylation sites (tertiary alicyclic amines) is 1. The number of nitrogens with zero attached hydrogens (tertiary/aromatic N) is 7. The topological polar surface area (TPSA) is 129 Å². The van der Waals surface area contributed by atoms with Gasteiger partial charge in [0, 0.05) is 53.9 Å². The summed E-state index contributed by atoms with van der Waals surface area (Å²) in [6.45, 7) is 3.71. The first-order chi connectivity index (χ1) is 21.7. The van der Waals surface area contributed by atoms with Gasteiger partial charge in [0.25, 0.3) is 11.4 Å². The summed E-state index contributed by atoms with van der Waals surface area (Å²) < 4.78 is 27.7. The number of ether oxygens (including phenoxy) is 1. The molecule has 1 aliphatic heterocycles. The van der Waals surface area contributed by atoms with Crippen LogP contribution in [0.5, 0.6) is 11.5 Å². The molecular formula is C33H30FN7O4. The van der Waals surface area contributed by atoms with Gasteiger partial charge < -0.3 is 14.2 Å². The van der Waals surface area contributed by atoms with E-state index in [1.165, 1.54) is 37.0 Å². The maximum atomic E-state index is 14.2. The van der Waals surface area contributed by atoms with Crippen LogP contribution in [0.3, 0.4) is 0 Å². The zero-order valence-electron chi connectivity index (χ0n) is 24.8. The molecule has 0 N–H and O–H groups in total. The molecule has 1 unspecified atom stereocenters. The Labute approximate surface area is 257 Å². The van der Waals surface area contributed by atoms with Crippen LogP contribution in [0.2, 0.25) is 0 Å². The molecule has 2 aromatic carbocycles. The van der Waals surface area contributed by atoms with Gasteiger partial charge in [-0.3, -0.25) is 14.2 Å². The monoisotopic (exact) mass is 607 g/mol. The number of benzene rings is 2. The van der Waals surface area contributed by atoms with Crippen LogP contribution in [0.4, 0.5) is 4.39 Å². The molecule has 3 aromatic heterocycles. The first-order valence-electron chi connectivity index (χ1n) is 14.8. The Bertz CT molecular complexity index is 1910. The van der Waals surface area contributed by atoms with Gasteiger partial charge in [-0.1, -0.05) is 11.2 Å². The third kappa shape index (κ3) is 6.08. The SMILES string of the molecule is CC(C)(F)c1ccc(-c2ccc(Oc3cc(-c4nc(C5CC(=O)N(C6CC6)C5)no4)ccc3Cn3cnccc3=O)cc2)nn1. The molecule has 2 fully saturated rings. The maximum Gasteiger partial charge on any atom is 0.258 e. The fourth-order valence-electron chi connectivity index (χ4n) is 5.38. The number of alkyl halides is 1. The van der Waals surface area contributed by atoms with E-state index >= 15 is 0 Å². The molecule has 1 saturated heterocycles. The number of amides is 1. The van der Waals surface area contributed by atoms with Crippen molar-refractivity contribution in [3.63, 3.8) is 0 Å². The van der Waals surface area contributed by atoms with E-state index in [1.54, 1.807) is 30.3 Å². The van der Waals surface area contributed by atoms with Crippen LogP contribution in [-0.2, 0) is 17.0 Å². The van der Waals surface area contributed by atoms with Gasteiger partial charge >= 0.3 is 0 Å². The average Bonchev–Trinajstić information content (AvgIpc) is 3.62. The summed E-state index contributed by atoms with van der Waals surface area (Å²) in [4.78, 5) is 35.6. The van der Waals surface area contributed by atoms with Crippen molar-refractivity contribution < 1.29 is 18.4 Å². The molecule has 2 aliphatic rings. The molecule has 45 heavy (non-hydrogen) atoms. The molecule has 1 aliphatic carbocycles. The van der Waals surface area contributed by atoms with Gasteiger partial charge in [0.2, 0.25) is 5.91 Å². The van der Waals surface area contributed by atoms with Gasteiger partial charge in [-0.15, -0.1) is 0 Å². The van der Waals surface area contributed by atoms with Crippen LogP contribution in [0, 0.1) is 0 Å². The highest BCUT2D eigenvalue weighted by atomic mass is 19.1. The molecule has 228 valence electrons. The number of halogens is 1. The van der Waals surface area contributed by atoms with Crippen molar-refractivity contribution >= 4 is 5.91 Å². The summed E-state index contributed by atoms with van der Waals surface area (Å²) in [5.41, 5.74) is 1.25. The Hall–Kier alpha value is -5.26. The predicted octanol–water partition coefficient (Wildman–Crippen LogP) is 5.27. The number of rotatable bonds is 9. The molecule has 12 heteroatoms. The maximum absolute atomic E-state index is 14.2. The molecule has 1 saturated carbocycles. The molecule has 5 aromatic rings. The van der Waals surface area contributed by atoms with Gasteiger partial charge in [0.1, 0.15) is 17.2 Å². The van der Waals surface area contributed by atoms with Crippen molar-refractivity contribution in [2.24, 2.45) is 0 Å². The lowest BCUT2D eigenvalue weighted by Gasteiger charge is -2.14. The summed E-state index contributed by atoms with van der Waals surface area (Å²) in [6.07, 6.45) is 5.41. The third-order valence-electron chi connectivity index (χ3n) is 8.05. The third-order valence-corrected chi connectivity index (χ3v) is 8.05. The van der Waals surface area contributed by atoms with Crippen LogP contribution >= 0.6 is 0 Å². The lowest BCUT2D eigenvalue weighted by molar-refractivity contribution is -0.128. The van der Waals surface area contributed by atoms with Crippen LogP contribution in [-0.4, -0.2) is 53.3 Å². The van der Waals surface area contributed by atoms with E-state index in [4.69, 9.17) is 9.26 Å². The van der Waals surface area contributed by atoms with Gasteiger partial charge in [0.15, 0.2) is 5.82 Å². The highest BCUT2D eigenvalue weighted by molar-refractivity contribution is 5.80. The van der Waals surface area contributed by atoms with Gasteiger partial charge in [-0.05, 0) is 75.2 Å². The smallest absolute Gasteiger partial charge is 0.258 e. The number of hydrogen-bond acceptors (Lipinski definition) is 9. The Morgan fingerprint density at radius 3 is 2.51 bits per heavy atom. The van der Waals surface area contributed by atoms with E-state index in [9.17, 15) is 14.0 Å². The highest BCUT2D eigenvalue weighted by Crippen LogP contribution is 2.37. The number of aromatic nitrogens is 6. The first-order valence-corrected chi connectivity index (χ1v) is 14.8. The molecule has 11 nitrogen and oxygen atoms in total. The molecule has 0 radical (unpaired) electrons. The molecule has 7 rings (SSSR count). The van der Waals surface area contributed by atoms with E-state index in [-0.39, 0.29) is 29.6 Å². The lowest BCUT2D eigenvalue weighted by atomic mass is 10.1. The summed E-state index contributed by atoms with van der Waals surface area (Å²) in [6, 6.07) is 17.9. The molecular weight excluding hydrogens is 577 g/mol. The fraction of sp³-hybridized carbons (Fsp3) is 0.303. The number of carbonyl (C=O) groups is 1. The van der Waals surface area contributed by atoms with Crippen LogP contribution < -0.4 is 10.3 Å². The fourth-order valence-corrected chi connectivity index (χ4v) is 5.38. The minimum absolute atomic E-state index is 0.106. The second kappa shape index (κ2) is 11.3. The summed E-state index contributed by atoms with van der Waals surface area (Å²) >= 11 is 0. The normalized spacial score (nSPS) is 16.7. The summed E-state index contributed by atoms with van der Waals surface area (Å²) in [5, 5.41) is 12.4. The minimum atomic E-state index is -1.58. The molecule has 4 heterocycles. The lowest BCUT2D eigenvalue weighted by Crippen LogP contribution is -2.27. The highest BCUT2D eigenvalue weighted by Gasteiger charge is 2.41. The second-order valence-corrected chi connectivity index (χ2v) is 11.9. The van der Waals surface area contributed by atoms with Gasteiger partial charge in [-0.2, -0.15) is 15.2 Å². The molecule has 1 amide bonds. The largest absolute Gasteiger partial charge is 0.457 e. The van der Waals surface area contributed by atoms with Gasteiger partial charge in [-0.25, -0.2) is 9.37 Å². The van der Waals surface area contributed by atoms with Crippen molar-refractivity contribution in [3.05, 3.63) is 101 Å². The first kappa shape index (κ1) is 28.5. The number of hydrogen-bond donors (Lipinski definition) is 0. The Morgan fingerprint density at radius 1 is 1.00 bits per heavy atom. The number of carbonyl (C=O) groups excluding carboxylic acids is 1. The Balaban J connectivity index is 1.15. The summed E-state index contributed by atoms with van der Waals surface area (Å²) in [7, 11) is 0. The van der Waals surface area contributed by atoms with Crippen molar-refractivity contribution in [1.29, 1.82) is 0 Å². The van der Waals surface area contributed by atoms with Crippen molar-refractivity contribution in [3.8, 4) is 34.2 Å². The second-order valence-electron chi connectivity index (χ2n) is 11.9. The van der Waals surface area contributed by atoms with Crippen LogP contribution in [0.25, 0.3) is 22.7 Å². The van der Waals surface area contributed by atoms with Crippen molar-refractivity contribution in [2.45, 2.75) is 57.3 Å². The molecule has 0 spiro atoms. The zero-order chi connectivity index (χ0) is 31.1. The quantitative estimate of drug-likeness (QED) is 0.220. The summed E-state index contributed by atoms with van der Waals surface area (Å²) in [5.74, 6) is 1.88. The van der Waals surface area contributed by atoms with E-state index in [0.717, 1.165) is 24.0 Å². The van der Waals surface area contributed by atoms with Crippen LogP contribution in [0.15, 0.2) is 82.5 Å². The Kier molecular flexibility index (Phi) is 7.19. The van der Waals surface area contributed by atoms with E-state index in [2.05, 4.69) is 25.3 Å². The van der Waals surface area contributed by atoms with E-state index in [0.29, 0.717) is 53.5 Å². The Morgan fingerprint density at radius 2 is 1.80 bits per heavy atom.